The molecule has 0 aliphatic heterocycles. The first-order valence-corrected chi connectivity index (χ1v) is 9.88. The van der Waals surface area contributed by atoms with Crippen molar-refractivity contribution in [2.24, 2.45) is 0 Å². The molecule has 2 aromatic carbocycles. The van der Waals surface area contributed by atoms with E-state index in [0.29, 0.717) is 16.5 Å². The lowest BCUT2D eigenvalue weighted by molar-refractivity contribution is 0.0536. The molecule has 0 aliphatic carbocycles. The lowest BCUT2D eigenvalue weighted by atomic mass is 9.78. The first-order valence-electron chi connectivity index (χ1n) is 8.97. The summed E-state index contributed by atoms with van der Waals surface area (Å²) in [6, 6.07) is 13.1. The van der Waals surface area contributed by atoms with Crippen LogP contribution >= 0.6 is 23.2 Å². The van der Waals surface area contributed by atoms with Gasteiger partial charge in [-0.25, -0.2) is 0 Å². The lowest BCUT2D eigenvalue weighted by Crippen LogP contribution is -2.21. The highest BCUT2D eigenvalue weighted by atomic mass is 35.5. The van der Waals surface area contributed by atoms with E-state index in [0.717, 1.165) is 11.1 Å². The molecule has 2 atom stereocenters. The standard InChI is InChI=1S/C21H26Cl2O5/c1-21(2,14-3-6-18(7-4-14)27-13-17(26)11-24)15-5-8-20(19(23)9-15)28-12-16(25)10-22/h3-9,16-17,24-26H,10-13H2,1-2H3/t16-,17+/m1/s1. The second-order valence-electron chi connectivity index (χ2n) is 7.06. The van der Waals surface area contributed by atoms with E-state index in [1.807, 2.05) is 36.4 Å². The molecule has 5 nitrogen and oxygen atoms in total. The van der Waals surface area contributed by atoms with Crippen LogP contribution in [-0.4, -0.2) is 53.2 Å². The number of ether oxygens (including phenoxy) is 2. The molecule has 0 saturated carbocycles. The van der Waals surface area contributed by atoms with Crippen molar-refractivity contribution in [3.8, 4) is 11.5 Å². The maximum Gasteiger partial charge on any atom is 0.138 e. The molecule has 154 valence electrons. The molecule has 2 aromatic rings. The van der Waals surface area contributed by atoms with E-state index in [1.54, 1.807) is 6.07 Å². The maximum atomic E-state index is 9.51. The molecule has 0 unspecified atom stereocenters. The minimum atomic E-state index is -0.899. The molecule has 7 heteroatoms. The van der Waals surface area contributed by atoms with Crippen molar-refractivity contribution in [3.63, 3.8) is 0 Å². The molecule has 0 fully saturated rings. The van der Waals surface area contributed by atoms with Crippen molar-refractivity contribution < 1.29 is 24.8 Å². The second kappa shape index (κ2) is 10.3. The summed E-state index contributed by atoms with van der Waals surface area (Å²) >= 11 is 11.9. The fourth-order valence-corrected chi connectivity index (χ4v) is 2.94. The van der Waals surface area contributed by atoms with Crippen molar-refractivity contribution >= 4 is 23.2 Å². The van der Waals surface area contributed by atoms with Crippen LogP contribution in [0.4, 0.5) is 0 Å². The molecule has 3 N–H and O–H groups in total. The van der Waals surface area contributed by atoms with Crippen molar-refractivity contribution in [1.29, 1.82) is 0 Å². The summed E-state index contributed by atoms with van der Waals surface area (Å²) < 4.78 is 11.0. The average Bonchev–Trinajstić information content (AvgIpc) is 2.70. The Morgan fingerprint density at radius 3 is 2.11 bits per heavy atom. The molecular formula is C21H26Cl2O5. The normalized spacial score (nSPS) is 13.8. The van der Waals surface area contributed by atoms with Crippen molar-refractivity contribution in [2.45, 2.75) is 31.5 Å². The summed E-state index contributed by atoms with van der Waals surface area (Å²) in [5.41, 5.74) is 1.75. The molecule has 0 heterocycles. The molecule has 0 saturated heterocycles. The zero-order valence-corrected chi connectivity index (χ0v) is 17.5. The van der Waals surface area contributed by atoms with Gasteiger partial charge in [0.25, 0.3) is 0 Å². The van der Waals surface area contributed by atoms with Crippen LogP contribution in [0, 0.1) is 0 Å². The molecular weight excluding hydrogens is 403 g/mol. The highest BCUT2D eigenvalue weighted by molar-refractivity contribution is 6.32. The Morgan fingerprint density at radius 1 is 0.929 bits per heavy atom. The summed E-state index contributed by atoms with van der Waals surface area (Å²) in [6.45, 7) is 3.95. The number of aliphatic hydroxyl groups is 3. The van der Waals surface area contributed by atoms with Crippen LogP contribution in [0.1, 0.15) is 25.0 Å². The fourth-order valence-electron chi connectivity index (χ4n) is 2.62. The van der Waals surface area contributed by atoms with E-state index in [4.69, 9.17) is 37.8 Å². The highest BCUT2D eigenvalue weighted by Gasteiger charge is 2.24. The summed E-state index contributed by atoms with van der Waals surface area (Å²) in [6.07, 6.45) is -1.64. The van der Waals surface area contributed by atoms with Gasteiger partial charge in [0.15, 0.2) is 0 Å². The third-order valence-corrected chi connectivity index (χ3v) is 5.14. The highest BCUT2D eigenvalue weighted by Crippen LogP contribution is 2.36. The Kier molecular flexibility index (Phi) is 8.40. The predicted molar refractivity (Wildman–Crippen MR) is 111 cm³/mol. The Labute approximate surface area is 175 Å². The minimum absolute atomic E-state index is 0.0364. The van der Waals surface area contributed by atoms with Crippen LogP contribution in [0.15, 0.2) is 42.5 Å². The number of rotatable bonds is 10. The van der Waals surface area contributed by atoms with Crippen LogP contribution in [0.25, 0.3) is 0 Å². The monoisotopic (exact) mass is 428 g/mol. The van der Waals surface area contributed by atoms with Gasteiger partial charge >= 0.3 is 0 Å². The second-order valence-corrected chi connectivity index (χ2v) is 7.78. The Morgan fingerprint density at radius 2 is 1.54 bits per heavy atom. The summed E-state index contributed by atoms with van der Waals surface area (Å²) in [4.78, 5) is 0. The van der Waals surface area contributed by atoms with Crippen LogP contribution < -0.4 is 9.47 Å². The summed E-state index contributed by atoms with van der Waals surface area (Å²) in [7, 11) is 0. The number of benzene rings is 2. The van der Waals surface area contributed by atoms with Crippen molar-refractivity contribution in [1.82, 2.24) is 0 Å². The molecule has 0 bridgehead atoms. The Hall–Kier alpha value is -1.50. The smallest absolute Gasteiger partial charge is 0.138 e. The van der Waals surface area contributed by atoms with Crippen molar-refractivity contribution in [3.05, 3.63) is 58.6 Å². The van der Waals surface area contributed by atoms with Gasteiger partial charge in [-0.2, -0.15) is 0 Å². The average molecular weight is 429 g/mol. The van der Waals surface area contributed by atoms with Gasteiger partial charge in [0, 0.05) is 5.41 Å². The topological polar surface area (TPSA) is 79.2 Å². The van der Waals surface area contributed by atoms with Crippen LogP contribution in [0.5, 0.6) is 11.5 Å². The quantitative estimate of drug-likeness (QED) is 0.505. The van der Waals surface area contributed by atoms with Crippen LogP contribution in [0.2, 0.25) is 5.02 Å². The minimum Gasteiger partial charge on any atom is -0.491 e. The van der Waals surface area contributed by atoms with Gasteiger partial charge in [-0.3, -0.25) is 0 Å². The van der Waals surface area contributed by atoms with Crippen LogP contribution in [-0.2, 0) is 5.41 Å². The lowest BCUT2D eigenvalue weighted by Gasteiger charge is -2.27. The van der Waals surface area contributed by atoms with Gasteiger partial charge in [0.2, 0.25) is 0 Å². The SMILES string of the molecule is CC(C)(c1ccc(OC[C@@H](O)CO)cc1)c1ccc(OC[C@H](O)CCl)c(Cl)c1. The zero-order valence-electron chi connectivity index (χ0n) is 15.9. The maximum absolute atomic E-state index is 9.51. The van der Waals surface area contributed by atoms with Gasteiger partial charge in [-0.05, 0) is 35.4 Å². The Bertz CT molecular complexity index is 749. The number of aliphatic hydroxyl groups excluding tert-OH is 3. The third-order valence-electron chi connectivity index (χ3n) is 4.49. The van der Waals surface area contributed by atoms with E-state index in [9.17, 15) is 10.2 Å². The number of hydrogen-bond donors (Lipinski definition) is 3. The molecule has 0 aromatic heterocycles. The first kappa shape index (κ1) is 22.8. The van der Waals surface area contributed by atoms with E-state index >= 15 is 0 Å². The molecule has 2 rings (SSSR count). The van der Waals surface area contributed by atoms with E-state index in [1.165, 1.54) is 0 Å². The van der Waals surface area contributed by atoms with E-state index in [2.05, 4.69) is 13.8 Å². The van der Waals surface area contributed by atoms with Gasteiger partial charge in [-0.1, -0.05) is 43.6 Å². The fraction of sp³-hybridized carbons (Fsp3) is 0.429. The molecule has 28 heavy (non-hydrogen) atoms. The molecule has 0 amide bonds. The predicted octanol–water partition coefficient (Wildman–Crippen LogP) is 3.38. The largest absolute Gasteiger partial charge is 0.491 e. The van der Waals surface area contributed by atoms with Crippen LogP contribution in [0.3, 0.4) is 0 Å². The van der Waals surface area contributed by atoms with E-state index < -0.39 is 12.2 Å². The number of alkyl halides is 1. The molecule has 0 radical (unpaired) electrons. The van der Waals surface area contributed by atoms with Crippen molar-refractivity contribution in [2.75, 3.05) is 25.7 Å². The van der Waals surface area contributed by atoms with Gasteiger partial charge in [0.1, 0.15) is 36.9 Å². The first-order chi connectivity index (χ1) is 13.3. The summed E-state index contributed by atoms with van der Waals surface area (Å²) in [5.74, 6) is 1.21. The van der Waals surface area contributed by atoms with Gasteiger partial charge in [-0.15, -0.1) is 11.6 Å². The molecule has 0 spiro atoms. The van der Waals surface area contributed by atoms with Gasteiger partial charge in [0.05, 0.1) is 17.5 Å². The number of halogens is 2. The van der Waals surface area contributed by atoms with Gasteiger partial charge < -0.3 is 24.8 Å². The molecule has 0 aliphatic rings. The van der Waals surface area contributed by atoms with E-state index in [-0.39, 0.29) is 31.1 Å². The zero-order chi connectivity index (χ0) is 20.7. The number of hydrogen-bond acceptors (Lipinski definition) is 5. The third kappa shape index (κ3) is 6.00. The Balaban J connectivity index is 2.11. The summed E-state index contributed by atoms with van der Waals surface area (Å²) in [5, 5.41) is 28.2.